The van der Waals surface area contributed by atoms with Crippen molar-refractivity contribution in [1.29, 1.82) is 0 Å². The molecule has 0 N–H and O–H groups in total. The van der Waals surface area contributed by atoms with Gasteiger partial charge in [-0.2, -0.15) is 0 Å². The molecule has 102 valence electrons. The first-order valence-electron chi connectivity index (χ1n) is 7.24. The van der Waals surface area contributed by atoms with Crippen molar-refractivity contribution in [3.05, 3.63) is 38.7 Å². The van der Waals surface area contributed by atoms with Crippen LogP contribution in [-0.4, -0.2) is 10.8 Å². The zero-order chi connectivity index (χ0) is 13.9. The van der Waals surface area contributed by atoms with Crippen LogP contribution < -0.4 is 0 Å². The van der Waals surface area contributed by atoms with Crippen LogP contribution in [0.1, 0.15) is 42.5 Å². The van der Waals surface area contributed by atoms with Gasteiger partial charge in [-0.25, -0.2) is 0 Å². The molecule has 1 aromatic carbocycles. The Labute approximate surface area is 132 Å². The minimum atomic E-state index is 0.186. The van der Waals surface area contributed by atoms with Gasteiger partial charge in [0.1, 0.15) is 5.78 Å². The average Bonchev–Trinajstić information content (AvgIpc) is 3.18. The number of carbonyl (C=O) groups excluding carboxylic acids is 1. The van der Waals surface area contributed by atoms with Crippen molar-refractivity contribution in [2.75, 3.05) is 0 Å². The monoisotopic (exact) mass is 377 g/mol. The van der Waals surface area contributed by atoms with Gasteiger partial charge in [-0.1, -0.05) is 0 Å². The van der Waals surface area contributed by atoms with E-state index in [4.69, 9.17) is 0 Å². The molecule has 0 radical (unpaired) electrons. The van der Waals surface area contributed by atoms with Gasteiger partial charge >= 0.3 is 0 Å². The second kappa shape index (κ2) is 4.52. The number of hydrogen-bond acceptors (Lipinski definition) is 2. The van der Waals surface area contributed by atoms with Crippen molar-refractivity contribution < 1.29 is 4.79 Å². The van der Waals surface area contributed by atoms with Crippen LogP contribution in [0.3, 0.4) is 0 Å². The van der Waals surface area contributed by atoms with Crippen LogP contribution in [0, 0.1) is 9.49 Å². The lowest BCUT2D eigenvalue weighted by molar-refractivity contribution is -0.120. The van der Waals surface area contributed by atoms with E-state index in [1.807, 2.05) is 6.20 Å². The number of pyridine rings is 1. The highest BCUT2D eigenvalue weighted by Crippen LogP contribution is 2.41. The molecule has 0 aliphatic heterocycles. The van der Waals surface area contributed by atoms with E-state index in [-0.39, 0.29) is 5.92 Å². The molecule has 1 unspecified atom stereocenters. The highest BCUT2D eigenvalue weighted by atomic mass is 127. The molecule has 1 saturated carbocycles. The molecule has 1 atom stereocenters. The predicted octanol–water partition coefficient (Wildman–Crippen LogP) is 4.02. The molecule has 1 heterocycles. The van der Waals surface area contributed by atoms with Gasteiger partial charge in [0.15, 0.2) is 0 Å². The van der Waals surface area contributed by atoms with Crippen molar-refractivity contribution in [2.24, 2.45) is 5.92 Å². The van der Waals surface area contributed by atoms with Crippen molar-refractivity contribution in [2.45, 2.75) is 38.5 Å². The van der Waals surface area contributed by atoms with Crippen LogP contribution in [0.5, 0.6) is 0 Å². The minimum Gasteiger partial charge on any atom is -0.300 e. The van der Waals surface area contributed by atoms with Gasteiger partial charge in [0.25, 0.3) is 0 Å². The summed E-state index contributed by atoms with van der Waals surface area (Å²) < 4.78 is 1.34. The van der Waals surface area contributed by atoms with E-state index in [1.165, 1.54) is 44.0 Å². The van der Waals surface area contributed by atoms with Gasteiger partial charge in [0.05, 0.1) is 0 Å². The molecule has 0 spiro atoms. The molecular formula is C17H16INO. The average molecular weight is 377 g/mol. The molecule has 4 rings (SSSR count). The Balaban J connectivity index is 1.86. The van der Waals surface area contributed by atoms with Crippen LogP contribution >= 0.6 is 22.6 Å². The number of carbonyl (C=O) groups is 1. The van der Waals surface area contributed by atoms with E-state index in [0.29, 0.717) is 11.7 Å². The summed E-state index contributed by atoms with van der Waals surface area (Å²) in [6.45, 7) is 1.72. The smallest absolute Gasteiger partial charge is 0.133 e. The summed E-state index contributed by atoms with van der Waals surface area (Å²) in [7, 11) is 0. The maximum absolute atomic E-state index is 11.7. The van der Waals surface area contributed by atoms with Crippen LogP contribution in [0.2, 0.25) is 0 Å². The molecule has 1 aromatic heterocycles. The largest absolute Gasteiger partial charge is 0.300 e. The maximum Gasteiger partial charge on any atom is 0.133 e. The van der Waals surface area contributed by atoms with Crippen LogP contribution in [0.25, 0.3) is 10.8 Å². The molecule has 0 bridgehead atoms. The molecular weight excluding hydrogens is 361 g/mol. The van der Waals surface area contributed by atoms with Crippen molar-refractivity contribution in [3.63, 3.8) is 0 Å². The number of nitrogens with zero attached hydrogens (tertiary/aromatic N) is 1. The molecule has 2 nitrogen and oxygen atoms in total. The number of ketones is 1. The lowest BCUT2D eigenvalue weighted by atomic mass is 10.0. The van der Waals surface area contributed by atoms with Gasteiger partial charge in [-0.3, -0.25) is 9.78 Å². The highest BCUT2D eigenvalue weighted by molar-refractivity contribution is 14.1. The number of rotatable bonds is 2. The van der Waals surface area contributed by atoms with Crippen molar-refractivity contribution in [1.82, 2.24) is 4.98 Å². The summed E-state index contributed by atoms with van der Waals surface area (Å²) in [4.78, 5) is 16.3. The van der Waals surface area contributed by atoms with Gasteiger partial charge in [-0.15, -0.1) is 0 Å². The van der Waals surface area contributed by atoms with Crippen molar-refractivity contribution >= 4 is 39.1 Å². The Morgan fingerprint density at radius 1 is 1.30 bits per heavy atom. The van der Waals surface area contributed by atoms with E-state index >= 15 is 0 Å². The van der Waals surface area contributed by atoms with Gasteiger partial charge in [0, 0.05) is 32.7 Å². The third-order valence-electron chi connectivity index (χ3n) is 4.66. The Kier molecular flexibility index (Phi) is 2.88. The molecule has 0 saturated heterocycles. The number of Topliss-reactive ketones (excluding diaryl/α,β-unsaturated/α-hetero) is 1. The molecule has 2 aliphatic rings. The summed E-state index contributed by atoms with van der Waals surface area (Å²) >= 11 is 2.46. The van der Waals surface area contributed by atoms with Crippen LogP contribution in [0.4, 0.5) is 0 Å². The third-order valence-corrected chi connectivity index (χ3v) is 5.89. The third kappa shape index (κ3) is 1.98. The molecule has 2 aromatic rings. The summed E-state index contributed by atoms with van der Waals surface area (Å²) in [6, 6.07) is 4.52. The Morgan fingerprint density at radius 2 is 2.10 bits per heavy atom. The van der Waals surface area contributed by atoms with E-state index in [2.05, 4.69) is 39.7 Å². The van der Waals surface area contributed by atoms with Gasteiger partial charge in [-0.05, 0) is 83.8 Å². The number of hydrogen-bond donors (Lipinski definition) is 0. The van der Waals surface area contributed by atoms with E-state index in [1.54, 1.807) is 6.92 Å². The number of aromatic nitrogens is 1. The summed E-state index contributed by atoms with van der Waals surface area (Å²) in [5, 5.41) is 2.55. The summed E-state index contributed by atoms with van der Waals surface area (Å²) in [5.41, 5.74) is 3.99. The van der Waals surface area contributed by atoms with Gasteiger partial charge < -0.3 is 0 Å². The highest BCUT2D eigenvalue weighted by Gasteiger charge is 2.29. The molecule has 20 heavy (non-hydrogen) atoms. The first kappa shape index (κ1) is 12.7. The zero-order valence-corrected chi connectivity index (χ0v) is 13.6. The topological polar surface area (TPSA) is 30.0 Å². The standard InChI is InChI=1S/C17H16INO/c1-9(20)11-4-12-5-13-8-19-16(10-2-3-10)7-15(13)17(18)14(12)6-11/h5,7-8,10-11H,2-4,6H2,1H3. The van der Waals surface area contributed by atoms with Gasteiger partial charge in [0.2, 0.25) is 0 Å². The molecule has 1 fully saturated rings. The fraction of sp³-hybridized carbons (Fsp3) is 0.412. The number of fused-ring (bicyclic) bond motifs is 2. The second-order valence-corrected chi connectivity index (χ2v) is 7.23. The molecule has 0 amide bonds. The SMILES string of the molecule is CC(=O)C1Cc2cc3cnc(C4CC4)cc3c(I)c2C1. The number of benzene rings is 1. The Hall–Kier alpha value is -0.970. The maximum atomic E-state index is 11.7. The van der Waals surface area contributed by atoms with Crippen LogP contribution in [0.15, 0.2) is 18.3 Å². The second-order valence-electron chi connectivity index (χ2n) is 6.15. The lowest BCUT2D eigenvalue weighted by Gasteiger charge is -2.09. The fourth-order valence-corrected chi connectivity index (χ4v) is 4.28. The Morgan fingerprint density at radius 3 is 2.80 bits per heavy atom. The molecule has 2 aliphatic carbocycles. The lowest BCUT2D eigenvalue weighted by Crippen LogP contribution is -2.10. The quantitative estimate of drug-likeness (QED) is 0.740. The van der Waals surface area contributed by atoms with E-state index in [9.17, 15) is 4.79 Å². The summed E-state index contributed by atoms with van der Waals surface area (Å²) in [5.74, 6) is 1.19. The fourth-order valence-electron chi connectivity index (χ4n) is 3.24. The first-order chi connectivity index (χ1) is 9.63. The van der Waals surface area contributed by atoms with E-state index in [0.717, 1.165) is 12.8 Å². The van der Waals surface area contributed by atoms with Crippen molar-refractivity contribution in [3.8, 4) is 0 Å². The normalized spacial score (nSPS) is 21.2. The number of halogens is 1. The minimum absolute atomic E-state index is 0.186. The first-order valence-corrected chi connectivity index (χ1v) is 8.31. The summed E-state index contributed by atoms with van der Waals surface area (Å²) in [6.07, 6.45) is 6.41. The van der Waals surface area contributed by atoms with E-state index < -0.39 is 0 Å². The van der Waals surface area contributed by atoms with Crippen LogP contribution in [-0.2, 0) is 17.6 Å². The predicted molar refractivity (Wildman–Crippen MR) is 88.0 cm³/mol. The Bertz CT molecular complexity index is 733. The zero-order valence-electron chi connectivity index (χ0n) is 11.4. The molecule has 3 heteroatoms.